The molecule has 0 amide bonds. The van der Waals surface area contributed by atoms with Gasteiger partial charge >= 0.3 is 0 Å². The van der Waals surface area contributed by atoms with Crippen molar-refractivity contribution in [1.82, 2.24) is 4.98 Å². The smallest absolute Gasteiger partial charge is 0.195 e. The van der Waals surface area contributed by atoms with Crippen LogP contribution >= 0.6 is 0 Å². The zero-order valence-electron chi connectivity index (χ0n) is 7.81. The molecule has 1 aliphatic rings. The minimum absolute atomic E-state index is 0.111. The molecular formula is C10H13NO2. The number of hydrogen-bond acceptors (Lipinski definition) is 2. The van der Waals surface area contributed by atoms with Crippen LogP contribution in [0.5, 0.6) is 11.8 Å². The van der Waals surface area contributed by atoms with Gasteiger partial charge in [0.05, 0.1) is 0 Å². The van der Waals surface area contributed by atoms with Crippen LogP contribution in [0.4, 0.5) is 0 Å². The molecule has 3 N–H and O–H groups in total. The van der Waals surface area contributed by atoms with E-state index >= 15 is 0 Å². The van der Waals surface area contributed by atoms with Gasteiger partial charge in [0, 0.05) is 11.1 Å². The third-order valence-corrected chi connectivity index (χ3v) is 2.79. The van der Waals surface area contributed by atoms with Gasteiger partial charge < -0.3 is 10.2 Å². The average molecular weight is 179 g/mol. The molecule has 3 heteroatoms. The summed E-state index contributed by atoms with van der Waals surface area (Å²) in [6.07, 6.45) is 1.48. The molecule has 1 aromatic heterocycles. The number of allylic oxidation sites excluding steroid dienone is 2. The summed E-state index contributed by atoms with van der Waals surface area (Å²) in [5.74, 6) is 0.221. The average Bonchev–Trinajstić information content (AvgIpc) is 2.31. The van der Waals surface area contributed by atoms with E-state index in [0.717, 1.165) is 24.0 Å². The van der Waals surface area contributed by atoms with Crippen LogP contribution in [-0.2, 0) is 12.8 Å². The van der Waals surface area contributed by atoms with E-state index in [0.29, 0.717) is 0 Å². The fourth-order valence-corrected chi connectivity index (χ4v) is 1.76. The molecule has 0 radical (unpaired) electrons. The summed E-state index contributed by atoms with van der Waals surface area (Å²) >= 11 is 0. The lowest BCUT2D eigenvalue weighted by Crippen LogP contribution is -2.03. The van der Waals surface area contributed by atoms with Crippen LogP contribution < -0.4 is 0 Å². The molecule has 0 bridgehead atoms. The Balaban J connectivity index is 2.52. The van der Waals surface area contributed by atoms with E-state index in [9.17, 15) is 10.2 Å². The Hall–Kier alpha value is -1.38. The molecule has 0 aliphatic heterocycles. The number of aromatic hydroxyl groups is 2. The SMILES string of the molecule is CC1=C(C)Cc2c(O)[nH]c(O)c2C1. The van der Waals surface area contributed by atoms with Gasteiger partial charge in [0.25, 0.3) is 0 Å². The van der Waals surface area contributed by atoms with Gasteiger partial charge in [0.15, 0.2) is 11.8 Å². The minimum atomic E-state index is 0.111. The molecule has 0 saturated carbocycles. The normalized spacial score (nSPS) is 16.2. The second kappa shape index (κ2) is 2.55. The molecule has 0 unspecified atom stereocenters. The van der Waals surface area contributed by atoms with E-state index < -0.39 is 0 Å². The molecule has 13 heavy (non-hydrogen) atoms. The van der Waals surface area contributed by atoms with Crippen LogP contribution in [-0.4, -0.2) is 15.2 Å². The second-order valence-corrected chi connectivity index (χ2v) is 3.69. The maximum absolute atomic E-state index is 9.44. The van der Waals surface area contributed by atoms with Gasteiger partial charge in [-0.3, -0.25) is 4.98 Å². The molecule has 3 nitrogen and oxygen atoms in total. The first-order chi connectivity index (χ1) is 6.09. The quantitative estimate of drug-likeness (QED) is 0.532. The number of fused-ring (bicyclic) bond motifs is 1. The van der Waals surface area contributed by atoms with E-state index in [4.69, 9.17) is 0 Å². The summed E-state index contributed by atoms with van der Waals surface area (Å²) in [5, 5.41) is 18.9. The standard InChI is InChI=1S/C10H13NO2/c1-5-3-7-8(4-6(5)2)10(13)11-9(7)12/h11-13H,3-4H2,1-2H3. The Labute approximate surface area is 76.7 Å². The van der Waals surface area contributed by atoms with Gasteiger partial charge in [-0.25, -0.2) is 0 Å². The van der Waals surface area contributed by atoms with Crippen LogP contribution in [0.25, 0.3) is 0 Å². The second-order valence-electron chi connectivity index (χ2n) is 3.69. The number of hydrogen-bond donors (Lipinski definition) is 3. The van der Waals surface area contributed by atoms with Crippen molar-refractivity contribution in [2.45, 2.75) is 26.7 Å². The molecular weight excluding hydrogens is 166 g/mol. The van der Waals surface area contributed by atoms with E-state index in [1.165, 1.54) is 11.1 Å². The number of H-pyrrole nitrogens is 1. The van der Waals surface area contributed by atoms with Crippen molar-refractivity contribution >= 4 is 0 Å². The highest BCUT2D eigenvalue weighted by Crippen LogP contribution is 2.36. The van der Waals surface area contributed by atoms with Crippen molar-refractivity contribution in [3.8, 4) is 11.8 Å². The number of nitrogens with one attached hydrogen (secondary N) is 1. The zero-order valence-corrected chi connectivity index (χ0v) is 7.81. The van der Waals surface area contributed by atoms with Crippen molar-refractivity contribution in [3.05, 3.63) is 22.3 Å². The monoisotopic (exact) mass is 179 g/mol. The molecule has 0 saturated heterocycles. The van der Waals surface area contributed by atoms with Crippen LogP contribution in [0.1, 0.15) is 25.0 Å². The predicted molar refractivity (Wildman–Crippen MR) is 49.9 cm³/mol. The predicted octanol–water partition coefficient (Wildman–Crippen LogP) is 1.86. The summed E-state index contributed by atoms with van der Waals surface area (Å²) in [7, 11) is 0. The number of aromatic nitrogens is 1. The fraction of sp³-hybridized carbons (Fsp3) is 0.400. The lowest BCUT2D eigenvalue weighted by molar-refractivity contribution is 0.422. The molecule has 1 aliphatic carbocycles. The first-order valence-corrected chi connectivity index (χ1v) is 4.36. The molecule has 2 rings (SSSR count). The van der Waals surface area contributed by atoms with Gasteiger partial charge in [0.2, 0.25) is 0 Å². The minimum Gasteiger partial charge on any atom is -0.494 e. The van der Waals surface area contributed by atoms with Gasteiger partial charge in [-0.1, -0.05) is 11.1 Å². The molecule has 1 aromatic rings. The maximum atomic E-state index is 9.44. The summed E-state index contributed by atoms with van der Waals surface area (Å²) in [6, 6.07) is 0. The Bertz CT molecular complexity index is 353. The molecule has 1 heterocycles. The Kier molecular flexibility index (Phi) is 1.62. The van der Waals surface area contributed by atoms with Gasteiger partial charge in [-0.05, 0) is 26.7 Å². The lowest BCUT2D eigenvalue weighted by Gasteiger charge is -2.15. The van der Waals surface area contributed by atoms with Crippen molar-refractivity contribution in [3.63, 3.8) is 0 Å². The van der Waals surface area contributed by atoms with E-state index in [-0.39, 0.29) is 11.8 Å². The molecule has 0 aromatic carbocycles. The third kappa shape index (κ3) is 1.11. The van der Waals surface area contributed by atoms with Crippen LogP contribution in [0.3, 0.4) is 0 Å². The van der Waals surface area contributed by atoms with Gasteiger partial charge in [0.1, 0.15) is 0 Å². The van der Waals surface area contributed by atoms with Crippen molar-refractivity contribution in [1.29, 1.82) is 0 Å². The van der Waals surface area contributed by atoms with Crippen LogP contribution in [0.2, 0.25) is 0 Å². The molecule has 70 valence electrons. The first-order valence-electron chi connectivity index (χ1n) is 4.36. The summed E-state index contributed by atoms with van der Waals surface area (Å²) in [6.45, 7) is 4.11. The fourth-order valence-electron chi connectivity index (χ4n) is 1.76. The highest BCUT2D eigenvalue weighted by molar-refractivity contribution is 5.50. The first kappa shape index (κ1) is 8.23. The lowest BCUT2D eigenvalue weighted by atomic mass is 9.90. The van der Waals surface area contributed by atoms with Crippen LogP contribution in [0.15, 0.2) is 11.1 Å². The summed E-state index contributed by atoms with van der Waals surface area (Å²) in [4.78, 5) is 2.54. The van der Waals surface area contributed by atoms with E-state index in [1.807, 2.05) is 0 Å². The topological polar surface area (TPSA) is 56.2 Å². The summed E-state index contributed by atoms with van der Waals surface area (Å²) in [5.41, 5.74) is 4.25. The van der Waals surface area contributed by atoms with E-state index in [1.54, 1.807) is 0 Å². The zero-order chi connectivity index (χ0) is 9.59. The Morgan fingerprint density at radius 1 is 0.923 bits per heavy atom. The largest absolute Gasteiger partial charge is 0.494 e. The number of aromatic amines is 1. The third-order valence-electron chi connectivity index (χ3n) is 2.79. The number of rotatable bonds is 0. The van der Waals surface area contributed by atoms with Gasteiger partial charge in [-0.15, -0.1) is 0 Å². The van der Waals surface area contributed by atoms with Crippen molar-refractivity contribution in [2.75, 3.05) is 0 Å². The van der Waals surface area contributed by atoms with E-state index in [2.05, 4.69) is 18.8 Å². The summed E-state index contributed by atoms with van der Waals surface area (Å²) < 4.78 is 0. The molecule has 0 spiro atoms. The highest BCUT2D eigenvalue weighted by Gasteiger charge is 2.21. The van der Waals surface area contributed by atoms with Crippen LogP contribution in [0, 0.1) is 0 Å². The highest BCUT2D eigenvalue weighted by atomic mass is 16.3. The Morgan fingerprint density at radius 3 is 1.69 bits per heavy atom. The molecule has 0 atom stereocenters. The van der Waals surface area contributed by atoms with Gasteiger partial charge in [-0.2, -0.15) is 0 Å². The molecule has 0 fully saturated rings. The Morgan fingerprint density at radius 2 is 1.31 bits per heavy atom. The van der Waals surface area contributed by atoms with Crippen molar-refractivity contribution in [2.24, 2.45) is 0 Å². The maximum Gasteiger partial charge on any atom is 0.195 e. The van der Waals surface area contributed by atoms with Crippen molar-refractivity contribution < 1.29 is 10.2 Å².